The third-order valence-corrected chi connectivity index (χ3v) is 5.78. The molecule has 0 radical (unpaired) electrons. The van der Waals surface area contributed by atoms with Crippen LogP contribution in [0.4, 0.5) is 4.39 Å². The molecule has 1 N–H and O–H groups in total. The second-order valence-electron chi connectivity index (χ2n) is 5.65. The van der Waals surface area contributed by atoms with Gasteiger partial charge in [0.15, 0.2) is 0 Å². The Morgan fingerprint density at radius 1 is 1.23 bits per heavy atom. The molecule has 136 valence electrons. The fourth-order valence-corrected chi connectivity index (χ4v) is 4.45. The molecule has 2 aromatic heterocycles. The Labute approximate surface area is 153 Å². The van der Waals surface area contributed by atoms with Crippen LogP contribution >= 0.6 is 11.6 Å². The van der Waals surface area contributed by atoms with Gasteiger partial charge in [-0.05, 0) is 49.2 Å². The fraction of sp³-hybridized carbons (Fsp3) is 0.176. The van der Waals surface area contributed by atoms with Crippen LogP contribution in [0.5, 0.6) is 0 Å². The SMILES string of the molecule is O=C(O)CCCc1cc2nc(Cl)ccc2n1S(=O)(=O)c1cccc(F)c1. The number of pyridine rings is 1. The highest BCUT2D eigenvalue weighted by Crippen LogP contribution is 2.27. The molecule has 9 heteroatoms. The van der Waals surface area contributed by atoms with Gasteiger partial charge in [-0.25, -0.2) is 21.8 Å². The number of halogens is 2. The Morgan fingerprint density at radius 2 is 2.00 bits per heavy atom. The van der Waals surface area contributed by atoms with Crippen molar-refractivity contribution < 1.29 is 22.7 Å². The van der Waals surface area contributed by atoms with Gasteiger partial charge in [0.25, 0.3) is 10.0 Å². The van der Waals surface area contributed by atoms with E-state index in [1.165, 1.54) is 24.3 Å². The number of fused-ring (bicyclic) bond motifs is 1. The Bertz CT molecular complexity index is 1100. The van der Waals surface area contributed by atoms with Gasteiger partial charge in [0.1, 0.15) is 11.0 Å². The first-order valence-electron chi connectivity index (χ1n) is 7.69. The van der Waals surface area contributed by atoms with Gasteiger partial charge in [0, 0.05) is 12.1 Å². The molecule has 26 heavy (non-hydrogen) atoms. The highest BCUT2D eigenvalue weighted by Gasteiger charge is 2.24. The van der Waals surface area contributed by atoms with Crippen molar-refractivity contribution in [2.24, 2.45) is 0 Å². The number of benzene rings is 1. The van der Waals surface area contributed by atoms with E-state index in [0.717, 1.165) is 16.1 Å². The number of carbonyl (C=O) groups is 1. The van der Waals surface area contributed by atoms with Crippen LogP contribution in [0.1, 0.15) is 18.5 Å². The maximum Gasteiger partial charge on any atom is 0.303 e. The quantitative estimate of drug-likeness (QED) is 0.644. The van der Waals surface area contributed by atoms with E-state index in [1.54, 1.807) is 6.07 Å². The average molecular weight is 397 g/mol. The number of nitrogens with zero attached hydrogens (tertiary/aromatic N) is 2. The van der Waals surface area contributed by atoms with Crippen molar-refractivity contribution in [2.45, 2.75) is 24.2 Å². The monoisotopic (exact) mass is 396 g/mol. The van der Waals surface area contributed by atoms with Crippen LogP contribution in [0.3, 0.4) is 0 Å². The summed E-state index contributed by atoms with van der Waals surface area (Å²) in [5.74, 6) is -1.64. The molecule has 0 saturated carbocycles. The summed E-state index contributed by atoms with van der Waals surface area (Å²) in [5, 5.41) is 9.01. The Morgan fingerprint density at radius 3 is 2.69 bits per heavy atom. The van der Waals surface area contributed by atoms with E-state index >= 15 is 0 Å². The van der Waals surface area contributed by atoms with Gasteiger partial charge in [-0.1, -0.05) is 17.7 Å². The molecule has 0 amide bonds. The number of aromatic nitrogens is 2. The standard InChI is InChI=1S/C17H14ClFN2O4S/c18-16-8-7-15-14(20-16)10-12(4-2-6-17(22)23)21(15)26(24,25)13-5-1-3-11(19)9-13/h1,3,5,7-10H,2,4,6H2,(H,22,23). The van der Waals surface area contributed by atoms with Crippen LogP contribution in [0.15, 0.2) is 47.4 Å². The molecule has 0 fully saturated rings. The number of hydrogen-bond acceptors (Lipinski definition) is 4. The van der Waals surface area contributed by atoms with Crippen molar-refractivity contribution in [2.75, 3.05) is 0 Å². The number of carboxylic acid groups (broad SMARTS) is 1. The highest BCUT2D eigenvalue weighted by molar-refractivity contribution is 7.90. The van der Waals surface area contributed by atoms with Crippen molar-refractivity contribution in [3.63, 3.8) is 0 Å². The van der Waals surface area contributed by atoms with Crippen LogP contribution in [0.2, 0.25) is 5.15 Å². The Kier molecular flexibility index (Phi) is 4.97. The van der Waals surface area contributed by atoms with Crippen molar-refractivity contribution in [1.29, 1.82) is 0 Å². The maximum absolute atomic E-state index is 13.5. The minimum Gasteiger partial charge on any atom is -0.481 e. The zero-order valence-electron chi connectivity index (χ0n) is 13.4. The minimum absolute atomic E-state index is 0.101. The molecule has 0 aliphatic carbocycles. The van der Waals surface area contributed by atoms with E-state index in [-0.39, 0.29) is 29.3 Å². The first-order chi connectivity index (χ1) is 12.3. The molecule has 0 atom stereocenters. The molecular weight excluding hydrogens is 383 g/mol. The molecular formula is C17H14ClFN2O4S. The van der Waals surface area contributed by atoms with Crippen molar-refractivity contribution in [3.8, 4) is 0 Å². The van der Waals surface area contributed by atoms with Crippen LogP contribution in [-0.2, 0) is 21.2 Å². The summed E-state index contributed by atoms with van der Waals surface area (Å²) in [6.45, 7) is 0. The third-order valence-electron chi connectivity index (χ3n) is 3.81. The minimum atomic E-state index is -4.09. The number of hydrogen-bond donors (Lipinski definition) is 1. The molecule has 2 heterocycles. The molecule has 3 rings (SSSR count). The summed E-state index contributed by atoms with van der Waals surface area (Å²) in [7, 11) is -4.09. The highest BCUT2D eigenvalue weighted by atomic mass is 35.5. The van der Waals surface area contributed by atoms with Crippen LogP contribution in [0.25, 0.3) is 11.0 Å². The fourth-order valence-electron chi connectivity index (χ4n) is 2.70. The van der Waals surface area contributed by atoms with Gasteiger partial charge >= 0.3 is 5.97 Å². The summed E-state index contributed by atoms with van der Waals surface area (Å²) in [6, 6.07) is 9.24. The lowest BCUT2D eigenvalue weighted by Crippen LogP contribution is -2.16. The normalized spacial score (nSPS) is 11.8. The van der Waals surface area contributed by atoms with Crippen molar-refractivity contribution in [3.05, 3.63) is 59.1 Å². The lowest BCUT2D eigenvalue weighted by molar-refractivity contribution is -0.137. The molecule has 0 saturated heterocycles. The molecule has 3 aromatic rings. The van der Waals surface area contributed by atoms with Gasteiger partial charge in [-0.15, -0.1) is 0 Å². The van der Waals surface area contributed by atoms with Crippen molar-refractivity contribution in [1.82, 2.24) is 8.96 Å². The summed E-state index contributed by atoms with van der Waals surface area (Å²) < 4.78 is 40.8. The average Bonchev–Trinajstić information content (AvgIpc) is 2.92. The summed E-state index contributed by atoms with van der Waals surface area (Å²) >= 11 is 5.88. The van der Waals surface area contributed by atoms with Crippen molar-refractivity contribution >= 4 is 38.6 Å². The second kappa shape index (κ2) is 7.05. The number of aryl methyl sites for hydroxylation is 1. The summed E-state index contributed by atoms with van der Waals surface area (Å²) in [6.07, 6.45) is 0.350. The predicted molar refractivity (Wildman–Crippen MR) is 94.3 cm³/mol. The molecule has 1 aromatic carbocycles. The van der Waals surface area contributed by atoms with E-state index in [2.05, 4.69) is 4.98 Å². The van der Waals surface area contributed by atoms with Crippen LogP contribution < -0.4 is 0 Å². The topological polar surface area (TPSA) is 89.3 Å². The maximum atomic E-state index is 13.5. The zero-order valence-corrected chi connectivity index (χ0v) is 15.0. The van der Waals surface area contributed by atoms with Crippen LogP contribution in [0, 0.1) is 5.82 Å². The zero-order chi connectivity index (χ0) is 18.9. The lowest BCUT2D eigenvalue weighted by Gasteiger charge is -2.12. The molecule has 0 unspecified atom stereocenters. The molecule has 6 nitrogen and oxygen atoms in total. The van der Waals surface area contributed by atoms with E-state index < -0.39 is 21.8 Å². The molecule has 0 aliphatic rings. The number of rotatable bonds is 6. The molecule has 0 bridgehead atoms. The summed E-state index contributed by atoms with van der Waals surface area (Å²) in [4.78, 5) is 14.7. The smallest absolute Gasteiger partial charge is 0.303 e. The van der Waals surface area contributed by atoms with Gasteiger partial charge in [-0.2, -0.15) is 0 Å². The third kappa shape index (κ3) is 3.56. The first-order valence-corrected chi connectivity index (χ1v) is 9.50. The molecule has 0 spiro atoms. The van der Waals surface area contributed by atoms with Gasteiger partial charge in [-0.3, -0.25) is 4.79 Å². The van der Waals surface area contributed by atoms with E-state index in [0.29, 0.717) is 16.7 Å². The Hall–Kier alpha value is -2.45. The van der Waals surface area contributed by atoms with Gasteiger partial charge in [0.2, 0.25) is 0 Å². The number of aliphatic carboxylic acids is 1. The Balaban J connectivity index is 2.17. The predicted octanol–water partition coefficient (Wildman–Crippen LogP) is 3.47. The lowest BCUT2D eigenvalue weighted by atomic mass is 10.2. The van der Waals surface area contributed by atoms with Crippen LogP contribution in [-0.4, -0.2) is 28.5 Å². The van der Waals surface area contributed by atoms with E-state index in [9.17, 15) is 17.6 Å². The first kappa shape index (κ1) is 18.3. The second-order valence-corrected chi connectivity index (χ2v) is 7.82. The van der Waals surface area contributed by atoms with E-state index in [4.69, 9.17) is 16.7 Å². The largest absolute Gasteiger partial charge is 0.481 e. The van der Waals surface area contributed by atoms with Gasteiger partial charge in [0.05, 0.1) is 15.9 Å². The van der Waals surface area contributed by atoms with E-state index in [1.807, 2.05) is 0 Å². The summed E-state index contributed by atoms with van der Waals surface area (Å²) in [5.41, 5.74) is 1.02. The molecule has 0 aliphatic heterocycles. The van der Waals surface area contributed by atoms with Gasteiger partial charge < -0.3 is 5.11 Å². The number of carboxylic acids is 1.